The standard InChI is InChI=1S/C9H7BN2S/c1-6-4-12-9(13-6)8-3-2-7(10)5-11-8/h2-5H,1H3. The van der Waals surface area contributed by atoms with E-state index in [0.29, 0.717) is 5.46 Å². The molecule has 0 bridgehead atoms. The van der Waals surface area contributed by atoms with Gasteiger partial charge in [0.05, 0.1) is 5.69 Å². The number of rotatable bonds is 1. The molecule has 0 atom stereocenters. The molecular weight excluding hydrogens is 179 g/mol. The Morgan fingerprint density at radius 3 is 2.62 bits per heavy atom. The third-order valence-corrected chi connectivity index (χ3v) is 2.56. The zero-order valence-electron chi connectivity index (χ0n) is 7.19. The Morgan fingerprint density at radius 1 is 1.23 bits per heavy atom. The van der Waals surface area contributed by atoms with Crippen LogP contribution in [0.25, 0.3) is 10.7 Å². The van der Waals surface area contributed by atoms with E-state index in [1.54, 1.807) is 17.5 Å². The van der Waals surface area contributed by atoms with E-state index in [2.05, 4.69) is 9.97 Å². The second-order valence-electron chi connectivity index (χ2n) is 2.75. The molecule has 13 heavy (non-hydrogen) atoms. The highest BCUT2D eigenvalue weighted by Crippen LogP contribution is 2.21. The Bertz CT molecular complexity index is 408. The minimum atomic E-state index is 0.678. The zero-order chi connectivity index (χ0) is 9.26. The Morgan fingerprint density at radius 2 is 2.08 bits per heavy atom. The third kappa shape index (κ3) is 1.78. The van der Waals surface area contributed by atoms with Gasteiger partial charge in [0.25, 0.3) is 0 Å². The van der Waals surface area contributed by atoms with Gasteiger partial charge in [0.1, 0.15) is 12.9 Å². The number of hydrogen-bond acceptors (Lipinski definition) is 3. The van der Waals surface area contributed by atoms with Crippen molar-refractivity contribution in [3.05, 3.63) is 29.4 Å². The second kappa shape index (κ2) is 3.30. The van der Waals surface area contributed by atoms with Crippen LogP contribution in [0.2, 0.25) is 0 Å². The van der Waals surface area contributed by atoms with Crippen molar-refractivity contribution in [3.63, 3.8) is 0 Å². The monoisotopic (exact) mass is 186 g/mol. The smallest absolute Gasteiger partial charge is 0.142 e. The molecule has 0 amide bonds. The van der Waals surface area contributed by atoms with Crippen LogP contribution >= 0.6 is 11.3 Å². The molecule has 62 valence electrons. The number of thiazole rings is 1. The first-order valence-electron chi connectivity index (χ1n) is 3.90. The molecule has 2 heterocycles. The lowest BCUT2D eigenvalue weighted by Gasteiger charge is -1.95. The van der Waals surface area contributed by atoms with Gasteiger partial charge in [-0.1, -0.05) is 11.5 Å². The minimum absolute atomic E-state index is 0.678. The molecule has 0 aliphatic carbocycles. The summed E-state index contributed by atoms with van der Waals surface area (Å²) in [5.41, 5.74) is 1.56. The van der Waals surface area contributed by atoms with Gasteiger partial charge in [0.15, 0.2) is 0 Å². The van der Waals surface area contributed by atoms with Crippen LogP contribution in [-0.2, 0) is 0 Å². The lowest BCUT2D eigenvalue weighted by atomic mass is 9.99. The van der Waals surface area contributed by atoms with Crippen molar-refractivity contribution in [2.24, 2.45) is 0 Å². The van der Waals surface area contributed by atoms with E-state index in [1.165, 1.54) is 4.88 Å². The highest BCUT2D eigenvalue weighted by Gasteiger charge is 2.02. The fourth-order valence-electron chi connectivity index (χ4n) is 1.00. The van der Waals surface area contributed by atoms with Crippen LogP contribution in [-0.4, -0.2) is 17.8 Å². The van der Waals surface area contributed by atoms with Crippen molar-refractivity contribution in [3.8, 4) is 10.7 Å². The molecule has 0 unspecified atom stereocenters. The van der Waals surface area contributed by atoms with Crippen LogP contribution in [0.4, 0.5) is 0 Å². The first kappa shape index (κ1) is 8.44. The molecule has 2 aromatic heterocycles. The normalized spacial score (nSPS) is 10.2. The molecule has 2 radical (unpaired) electrons. The van der Waals surface area contributed by atoms with Gasteiger partial charge in [-0.05, 0) is 13.0 Å². The quantitative estimate of drug-likeness (QED) is 0.627. The summed E-state index contributed by atoms with van der Waals surface area (Å²) in [7, 11) is 5.53. The lowest BCUT2D eigenvalue weighted by Crippen LogP contribution is -2.01. The lowest BCUT2D eigenvalue weighted by molar-refractivity contribution is 1.30. The van der Waals surface area contributed by atoms with E-state index >= 15 is 0 Å². The molecule has 0 saturated carbocycles. The Balaban J connectivity index is 2.41. The van der Waals surface area contributed by atoms with Crippen molar-refractivity contribution in [1.82, 2.24) is 9.97 Å². The minimum Gasteiger partial charge on any atom is -0.254 e. The summed E-state index contributed by atoms with van der Waals surface area (Å²) in [6, 6.07) is 3.71. The molecule has 0 fully saturated rings. The van der Waals surface area contributed by atoms with Crippen molar-refractivity contribution < 1.29 is 0 Å². The van der Waals surface area contributed by atoms with Crippen LogP contribution in [0.5, 0.6) is 0 Å². The van der Waals surface area contributed by atoms with E-state index < -0.39 is 0 Å². The van der Waals surface area contributed by atoms with Gasteiger partial charge in [0, 0.05) is 17.3 Å². The van der Waals surface area contributed by atoms with E-state index in [-0.39, 0.29) is 0 Å². The van der Waals surface area contributed by atoms with Gasteiger partial charge in [0.2, 0.25) is 0 Å². The summed E-state index contributed by atoms with van der Waals surface area (Å²) in [6.45, 7) is 2.03. The summed E-state index contributed by atoms with van der Waals surface area (Å²) in [5, 5.41) is 0.942. The highest BCUT2D eigenvalue weighted by molar-refractivity contribution is 7.14. The molecular formula is C9H7BN2S. The van der Waals surface area contributed by atoms with Crippen LogP contribution in [0.15, 0.2) is 24.5 Å². The fourth-order valence-corrected chi connectivity index (χ4v) is 1.75. The van der Waals surface area contributed by atoms with Gasteiger partial charge >= 0.3 is 0 Å². The van der Waals surface area contributed by atoms with E-state index in [0.717, 1.165) is 10.7 Å². The molecule has 0 spiro atoms. The van der Waals surface area contributed by atoms with Gasteiger partial charge in [-0.25, -0.2) is 4.98 Å². The van der Waals surface area contributed by atoms with Crippen molar-refractivity contribution >= 4 is 24.6 Å². The second-order valence-corrected chi connectivity index (χ2v) is 3.99. The zero-order valence-corrected chi connectivity index (χ0v) is 8.01. The molecule has 2 aromatic rings. The molecule has 0 aromatic carbocycles. The third-order valence-electron chi connectivity index (χ3n) is 1.63. The maximum atomic E-state index is 5.53. The summed E-state index contributed by atoms with van der Waals surface area (Å²) in [4.78, 5) is 9.60. The van der Waals surface area contributed by atoms with Crippen molar-refractivity contribution in [1.29, 1.82) is 0 Å². The first-order valence-corrected chi connectivity index (χ1v) is 4.72. The highest BCUT2D eigenvalue weighted by atomic mass is 32.1. The van der Waals surface area contributed by atoms with Crippen LogP contribution < -0.4 is 5.46 Å². The van der Waals surface area contributed by atoms with Gasteiger partial charge < -0.3 is 0 Å². The maximum Gasteiger partial charge on any atom is 0.142 e. The van der Waals surface area contributed by atoms with Crippen LogP contribution in [0.3, 0.4) is 0 Å². The largest absolute Gasteiger partial charge is 0.254 e. The first-order chi connectivity index (χ1) is 6.25. The number of aromatic nitrogens is 2. The SMILES string of the molecule is [B]c1ccc(-c2ncc(C)s2)nc1. The number of pyridine rings is 1. The van der Waals surface area contributed by atoms with Gasteiger partial charge in [-0.15, -0.1) is 11.3 Å². The van der Waals surface area contributed by atoms with Gasteiger partial charge in [-0.3, -0.25) is 4.98 Å². The molecule has 2 nitrogen and oxygen atoms in total. The van der Waals surface area contributed by atoms with E-state index in [1.807, 2.05) is 25.3 Å². The van der Waals surface area contributed by atoms with Crippen LogP contribution in [0, 0.1) is 6.92 Å². The average Bonchev–Trinajstić information content (AvgIpc) is 2.53. The molecule has 0 N–H and O–H groups in total. The molecule has 4 heteroatoms. The molecule has 0 aliphatic heterocycles. The summed E-state index contributed by atoms with van der Waals surface area (Å²) >= 11 is 1.63. The predicted octanol–water partition coefficient (Wildman–Crippen LogP) is 1.31. The van der Waals surface area contributed by atoms with Crippen molar-refractivity contribution in [2.75, 3.05) is 0 Å². The number of nitrogens with zero attached hydrogens (tertiary/aromatic N) is 2. The molecule has 2 rings (SSSR count). The summed E-state index contributed by atoms with van der Waals surface area (Å²) in [5.74, 6) is 0. The number of hydrogen-bond donors (Lipinski definition) is 0. The topological polar surface area (TPSA) is 25.8 Å². The van der Waals surface area contributed by atoms with Crippen LogP contribution in [0.1, 0.15) is 4.88 Å². The molecule has 0 aliphatic rings. The summed E-state index contributed by atoms with van der Waals surface area (Å²) in [6.07, 6.45) is 3.49. The fraction of sp³-hybridized carbons (Fsp3) is 0.111. The van der Waals surface area contributed by atoms with Gasteiger partial charge in [-0.2, -0.15) is 0 Å². The Labute approximate surface area is 82.1 Å². The van der Waals surface area contributed by atoms with Crippen molar-refractivity contribution in [2.45, 2.75) is 6.92 Å². The Kier molecular flexibility index (Phi) is 2.14. The number of aryl methyl sites for hydroxylation is 1. The summed E-state index contributed by atoms with van der Waals surface area (Å²) < 4.78 is 0. The predicted molar refractivity (Wildman–Crippen MR) is 55.5 cm³/mol. The maximum absolute atomic E-state index is 5.53. The van der Waals surface area contributed by atoms with E-state index in [4.69, 9.17) is 7.85 Å². The molecule has 0 saturated heterocycles. The Hall–Kier alpha value is -1.16. The van der Waals surface area contributed by atoms with E-state index in [9.17, 15) is 0 Å². The average molecular weight is 186 g/mol.